The maximum Gasteiger partial charge on any atom is 0.337 e. The molecular formula is C15H21NO2. The number of anilines is 1. The van der Waals surface area contributed by atoms with E-state index in [1.165, 1.54) is 39.2 Å². The first-order valence-corrected chi connectivity index (χ1v) is 6.66. The number of esters is 1. The van der Waals surface area contributed by atoms with Crippen LogP contribution in [0, 0.1) is 6.92 Å². The first-order chi connectivity index (χ1) is 8.70. The van der Waals surface area contributed by atoms with Crippen LogP contribution in [0.3, 0.4) is 0 Å². The van der Waals surface area contributed by atoms with Crippen molar-refractivity contribution in [2.45, 2.75) is 45.1 Å². The molecule has 0 unspecified atom stereocenters. The summed E-state index contributed by atoms with van der Waals surface area (Å²) in [6, 6.07) is 6.28. The molecule has 1 aliphatic carbocycles. The van der Waals surface area contributed by atoms with Gasteiger partial charge in [-0.05, 0) is 43.5 Å². The van der Waals surface area contributed by atoms with Crippen molar-refractivity contribution < 1.29 is 9.53 Å². The number of hydrogen-bond donors (Lipinski definition) is 1. The summed E-state index contributed by atoms with van der Waals surface area (Å²) in [5, 5.41) is 3.58. The van der Waals surface area contributed by atoms with Crippen molar-refractivity contribution >= 4 is 11.7 Å². The molecule has 0 heterocycles. The normalized spacial score (nSPS) is 16.3. The lowest BCUT2D eigenvalue weighted by atomic mass is 9.95. The van der Waals surface area contributed by atoms with Crippen molar-refractivity contribution in [2.75, 3.05) is 12.4 Å². The van der Waals surface area contributed by atoms with Gasteiger partial charge in [-0.1, -0.05) is 19.3 Å². The van der Waals surface area contributed by atoms with Crippen LogP contribution >= 0.6 is 0 Å². The predicted molar refractivity (Wildman–Crippen MR) is 73.0 cm³/mol. The zero-order chi connectivity index (χ0) is 13.0. The highest BCUT2D eigenvalue weighted by molar-refractivity contribution is 5.90. The molecule has 0 aromatic heterocycles. The first kappa shape index (κ1) is 12.9. The summed E-state index contributed by atoms with van der Waals surface area (Å²) in [6.45, 7) is 2.03. The molecule has 98 valence electrons. The van der Waals surface area contributed by atoms with Gasteiger partial charge in [0.05, 0.1) is 12.7 Å². The summed E-state index contributed by atoms with van der Waals surface area (Å²) < 4.78 is 4.72. The summed E-state index contributed by atoms with van der Waals surface area (Å²) in [5.74, 6) is -0.276. The fourth-order valence-corrected chi connectivity index (χ4v) is 2.54. The van der Waals surface area contributed by atoms with Gasteiger partial charge in [-0.3, -0.25) is 0 Å². The van der Waals surface area contributed by atoms with Gasteiger partial charge in [0.2, 0.25) is 0 Å². The van der Waals surface area contributed by atoms with E-state index in [0.717, 1.165) is 11.3 Å². The number of ether oxygens (including phenoxy) is 1. The average Bonchev–Trinajstić information content (AvgIpc) is 2.41. The smallest absolute Gasteiger partial charge is 0.337 e. The second-order valence-electron chi connectivity index (χ2n) is 5.00. The lowest BCUT2D eigenvalue weighted by Crippen LogP contribution is -2.22. The van der Waals surface area contributed by atoms with Gasteiger partial charge in [0, 0.05) is 11.7 Å². The molecule has 1 aromatic rings. The van der Waals surface area contributed by atoms with Gasteiger partial charge in [-0.25, -0.2) is 4.79 Å². The fourth-order valence-electron chi connectivity index (χ4n) is 2.54. The van der Waals surface area contributed by atoms with E-state index in [0.29, 0.717) is 11.6 Å². The maximum atomic E-state index is 11.4. The Balaban J connectivity index is 2.07. The highest BCUT2D eigenvalue weighted by atomic mass is 16.5. The molecule has 3 heteroatoms. The van der Waals surface area contributed by atoms with Crippen molar-refractivity contribution in [1.29, 1.82) is 0 Å². The second kappa shape index (κ2) is 5.89. The molecule has 0 radical (unpaired) electrons. The van der Waals surface area contributed by atoms with Crippen molar-refractivity contribution in [2.24, 2.45) is 0 Å². The Morgan fingerprint density at radius 2 is 2.00 bits per heavy atom. The highest BCUT2D eigenvalue weighted by Gasteiger charge is 2.14. The summed E-state index contributed by atoms with van der Waals surface area (Å²) in [6.07, 6.45) is 6.49. The Morgan fingerprint density at radius 3 is 2.61 bits per heavy atom. The number of methoxy groups -OCH3 is 1. The minimum atomic E-state index is -0.276. The van der Waals surface area contributed by atoms with Crippen molar-refractivity contribution in [3.05, 3.63) is 29.3 Å². The van der Waals surface area contributed by atoms with Crippen LogP contribution in [-0.4, -0.2) is 19.1 Å². The van der Waals surface area contributed by atoms with Gasteiger partial charge in [-0.15, -0.1) is 0 Å². The summed E-state index contributed by atoms with van der Waals surface area (Å²) in [4.78, 5) is 11.4. The summed E-state index contributed by atoms with van der Waals surface area (Å²) in [7, 11) is 1.41. The minimum Gasteiger partial charge on any atom is -0.465 e. The van der Waals surface area contributed by atoms with Crippen LogP contribution in [0.5, 0.6) is 0 Å². The number of aryl methyl sites for hydroxylation is 1. The van der Waals surface area contributed by atoms with E-state index < -0.39 is 0 Å². The third-order valence-electron chi connectivity index (χ3n) is 3.61. The van der Waals surface area contributed by atoms with E-state index in [4.69, 9.17) is 4.74 Å². The summed E-state index contributed by atoms with van der Waals surface area (Å²) >= 11 is 0. The van der Waals surface area contributed by atoms with Crippen molar-refractivity contribution in [3.8, 4) is 0 Å². The van der Waals surface area contributed by atoms with E-state index in [9.17, 15) is 4.79 Å². The molecular weight excluding hydrogens is 226 g/mol. The van der Waals surface area contributed by atoms with Crippen LogP contribution in [-0.2, 0) is 4.74 Å². The zero-order valence-electron chi connectivity index (χ0n) is 11.2. The number of nitrogens with one attached hydrogen (secondary N) is 1. The van der Waals surface area contributed by atoms with E-state index in [2.05, 4.69) is 5.32 Å². The highest BCUT2D eigenvalue weighted by Crippen LogP contribution is 2.24. The molecule has 1 aliphatic rings. The lowest BCUT2D eigenvalue weighted by Gasteiger charge is -2.24. The largest absolute Gasteiger partial charge is 0.465 e. The van der Waals surface area contributed by atoms with E-state index in [1.54, 1.807) is 0 Å². The van der Waals surface area contributed by atoms with Crippen LogP contribution < -0.4 is 5.32 Å². The van der Waals surface area contributed by atoms with Crippen LogP contribution in [0.25, 0.3) is 0 Å². The SMILES string of the molecule is COC(=O)c1ccc(NC2CCCCC2)c(C)c1. The Bertz CT molecular complexity index is 423. The Hall–Kier alpha value is -1.51. The van der Waals surface area contributed by atoms with Crippen LogP contribution in [0.4, 0.5) is 5.69 Å². The molecule has 1 fully saturated rings. The van der Waals surface area contributed by atoms with Gasteiger partial charge >= 0.3 is 5.97 Å². The van der Waals surface area contributed by atoms with Gasteiger partial charge in [0.1, 0.15) is 0 Å². The quantitative estimate of drug-likeness (QED) is 0.830. The standard InChI is InChI=1S/C15H21NO2/c1-11-10-12(15(17)18-2)8-9-14(11)16-13-6-4-3-5-7-13/h8-10,13,16H,3-7H2,1-2H3. The van der Waals surface area contributed by atoms with Crippen LogP contribution in [0.1, 0.15) is 48.0 Å². The third-order valence-corrected chi connectivity index (χ3v) is 3.61. The van der Waals surface area contributed by atoms with Crippen molar-refractivity contribution in [3.63, 3.8) is 0 Å². The minimum absolute atomic E-state index is 0.276. The first-order valence-electron chi connectivity index (χ1n) is 6.66. The average molecular weight is 247 g/mol. The number of benzene rings is 1. The number of carbonyl (C=O) groups excluding carboxylic acids is 1. The molecule has 1 saturated carbocycles. The van der Waals surface area contributed by atoms with Gasteiger partial charge < -0.3 is 10.1 Å². The molecule has 0 atom stereocenters. The maximum absolute atomic E-state index is 11.4. The van der Waals surface area contributed by atoms with E-state index in [1.807, 2.05) is 25.1 Å². The van der Waals surface area contributed by atoms with Gasteiger partial charge in [0.25, 0.3) is 0 Å². The van der Waals surface area contributed by atoms with E-state index >= 15 is 0 Å². The van der Waals surface area contributed by atoms with Gasteiger partial charge in [-0.2, -0.15) is 0 Å². The third kappa shape index (κ3) is 3.03. The van der Waals surface area contributed by atoms with Crippen molar-refractivity contribution in [1.82, 2.24) is 0 Å². The van der Waals surface area contributed by atoms with E-state index in [-0.39, 0.29) is 5.97 Å². The molecule has 0 bridgehead atoms. The lowest BCUT2D eigenvalue weighted by molar-refractivity contribution is 0.0600. The Labute approximate surface area is 109 Å². The molecule has 0 saturated heterocycles. The molecule has 2 rings (SSSR count). The number of carbonyl (C=O) groups is 1. The molecule has 0 aliphatic heterocycles. The monoisotopic (exact) mass is 247 g/mol. The fraction of sp³-hybridized carbons (Fsp3) is 0.533. The molecule has 1 aromatic carbocycles. The molecule has 0 spiro atoms. The zero-order valence-corrected chi connectivity index (χ0v) is 11.2. The summed E-state index contributed by atoms with van der Waals surface area (Å²) in [5.41, 5.74) is 2.85. The molecule has 3 nitrogen and oxygen atoms in total. The second-order valence-corrected chi connectivity index (χ2v) is 5.00. The number of rotatable bonds is 3. The molecule has 18 heavy (non-hydrogen) atoms. The predicted octanol–water partition coefficient (Wildman–Crippen LogP) is 3.53. The Kier molecular flexibility index (Phi) is 4.24. The van der Waals surface area contributed by atoms with Crippen LogP contribution in [0.2, 0.25) is 0 Å². The van der Waals surface area contributed by atoms with Gasteiger partial charge in [0.15, 0.2) is 0 Å². The molecule has 1 N–H and O–H groups in total. The van der Waals surface area contributed by atoms with Crippen LogP contribution in [0.15, 0.2) is 18.2 Å². The molecule has 0 amide bonds. The Morgan fingerprint density at radius 1 is 1.28 bits per heavy atom. The topological polar surface area (TPSA) is 38.3 Å². The number of hydrogen-bond acceptors (Lipinski definition) is 3.